The fourth-order valence-corrected chi connectivity index (χ4v) is 2.37. The molecule has 1 amide bonds. The minimum absolute atomic E-state index is 0.0358. The number of anilines is 1. The minimum atomic E-state index is -0.755. The Balaban J connectivity index is 1.72. The highest BCUT2D eigenvalue weighted by Gasteiger charge is 2.14. The molecule has 112 valence electrons. The number of carbonyl (C=O) groups excluding carboxylic acids is 1. The zero-order valence-corrected chi connectivity index (χ0v) is 11.9. The van der Waals surface area contributed by atoms with E-state index in [9.17, 15) is 13.6 Å². The summed E-state index contributed by atoms with van der Waals surface area (Å²) in [6.07, 6.45) is 1.54. The molecule has 2 aromatic heterocycles. The van der Waals surface area contributed by atoms with Crippen molar-refractivity contribution in [3.8, 4) is 11.3 Å². The number of benzene rings is 1. The predicted molar refractivity (Wildman–Crippen MR) is 76.3 cm³/mol. The van der Waals surface area contributed by atoms with E-state index in [2.05, 4.69) is 15.5 Å². The predicted octanol–water partition coefficient (Wildman–Crippen LogP) is 3.26. The van der Waals surface area contributed by atoms with Crippen LogP contribution < -0.4 is 5.32 Å². The third-order valence-electron chi connectivity index (χ3n) is 2.78. The number of hydrogen-bond donors (Lipinski definition) is 1. The number of nitrogens with zero attached hydrogens (tertiary/aromatic N) is 2. The van der Waals surface area contributed by atoms with E-state index >= 15 is 0 Å². The number of thiazole rings is 1. The Kier molecular flexibility index (Phi) is 3.92. The largest absolute Gasteiger partial charge is 0.356 e. The monoisotopic (exact) mass is 321 g/mol. The molecule has 8 heteroatoms. The zero-order chi connectivity index (χ0) is 15.5. The van der Waals surface area contributed by atoms with Crippen molar-refractivity contribution in [3.63, 3.8) is 0 Å². The molecule has 0 atom stereocenters. The van der Waals surface area contributed by atoms with Gasteiger partial charge in [-0.3, -0.25) is 4.79 Å². The molecule has 0 bridgehead atoms. The molecule has 2 heterocycles. The Morgan fingerprint density at radius 3 is 2.91 bits per heavy atom. The fourth-order valence-electron chi connectivity index (χ4n) is 1.82. The molecule has 0 saturated heterocycles. The van der Waals surface area contributed by atoms with Crippen molar-refractivity contribution in [2.75, 3.05) is 5.32 Å². The van der Waals surface area contributed by atoms with Gasteiger partial charge >= 0.3 is 0 Å². The summed E-state index contributed by atoms with van der Waals surface area (Å²) in [4.78, 5) is 15.7. The number of halogens is 2. The van der Waals surface area contributed by atoms with E-state index in [1.165, 1.54) is 23.5 Å². The Hall–Kier alpha value is -2.61. The second-order valence-electron chi connectivity index (χ2n) is 4.37. The van der Waals surface area contributed by atoms with Crippen LogP contribution in [0.15, 0.2) is 40.4 Å². The smallest absolute Gasteiger partial charge is 0.232 e. The van der Waals surface area contributed by atoms with E-state index < -0.39 is 11.6 Å². The Bertz CT molecular complexity index is 802. The molecule has 0 aliphatic rings. The van der Waals surface area contributed by atoms with Gasteiger partial charge in [0.15, 0.2) is 10.9 Å². The van der Waals surface area contributed by atoms with Crippen LogP contribution in [-0.2, 0) is 11.2 Å². The van der Waals surface area contributed by atoms with E-state index in [0.717, 1.165) is 12.1 Å². The molecule has 0 aliphatic carbocycles. The zero-order valence-electron chi connectivity index (χ0n) is 11.0. The molecule has 0 unspecified atom stereocenters. The second kappa shape index (κ2) is 6.02. The van der Waals surface area contributed by atoms with Gasteiger partial charge in [0.25, 0.3) is 0 Å². The lowest BCUT2D eigenvalue weighted by atomic mass is 10.1. The molecule has 0 saturated carbocycles. The second-order valence-corrected chi connectivity index (χ2v) is 5.26. The van der Waals surface area contributed by atoms with Crippen LogP contribution in [0.4, 0.5) is 13.9 Å². The Morgan fingerprint density at radius 1 is 1.32 bits per heavy atom. The molecule has 1 aromatic carbocycles. The molecule has 3 aromatic rings. The topological polar surface area (TPSA) is 68.0 Å². The van der Waals surface area contributed by atoms with Crippen molar-refractivity contribution in [2.45, 2.75) is 6.42 Å². The molecule has 0 aliphatic heterocycles. The van der Waals surface area contributed by atoms with E-state index in [0.29, 0.717) is 10.8 Å². The van der Waals surface area contributed by atoms with E-state index in [-0.39, 0.29) is 23.7 Å². The number of hydrogen-bond acceptors (Lipinski definition) is 5. The summed E-state index contributed by atoms with van der Waals surface area (Å²) in [5.74, 6) is -1.61. The van der Waals surface area contributed by atoms with Gasteiger partial charge in [0.1, 0.15) is 11.6 Å². The van der Waals surface area contributed by atoms with Crippen molar-refractivity contribution in [1.29, 1.82) is 0 Å². The maximum Gasteiger partial charge on any atom is 0.232 e. The number of carbonyl (C=O) groups is 1. The highest BCUT2D eigenvalue weighted by atomic mass is 32.1. The van der Waals surface area contributed by atoms with Crippen molar-refractivity contribution in [1.82, 2.24) is 10.1 Å². The molecular formula is C14H9F2N3O2S. The third kappa shape index (κ3) is 3.17. The fraction of sp³-hybridized carbons (Fsp3) is 0.0714. The molecule has 0 radical (unpaired) electrons. The van der Waals surface area contributed by atoms with Crippen LogP contribution in [0, 0.1) is 11.6 Å². The number of nitrogens with one attached hydrogen (secondary N) is 1. The number of aromatic nitrogens is 2. The van der Waals surface area contributed by atoms with E-state index in [1.54, 1.807) is 11.6 Å². The lowest BCUT2D eigenvalue weighted by Crippen LogP contribution is -2.14. The average Bonchev–Trinajstić information content (AvgIpc) is 3.10. The molecule has 3 rings (SSSR count). The van der Waals surface area contributed by atoms with Gasteiger partial charge in [0.2, 0.25) is 5.91 Å². The highest BCUT2D eigenvalue weighted by molar-refractivity contribution is 7.13. The Morgan fingerprint density at radius 2 is 2.18 bits per heavy atom. The van der Waals surface area contributed by atoms with Crippen LogP contribution in [0.25, 0.3) is 11.3 Å². The lowest BCUT2D eigenvalue weighted by Gasteiger charge is -1.98. The first-order chi connectivity index (χ1) is 10.6. The quantitative estimate of drug-likeness (QED) is 0.801. The summed E-state index contributed by atoms with van der Waals surface area (Å²) < 4.78 is 31.5. The third-order valence-corrected chi connectivity index (χ3v) is 3.46. The SMILES string of the molecule is O=C(Cc1cc(-c2ccc(F)cc2F)on1)Nc1nccs1. The van der Waals surface area contributed by atoms with Gasteiger partial charge in [-0.05, 0) is 12.1 Å². The standard InChI is InChI=1S/C14H9F2N3O2S/c15-8-1-2-10(11(16)5-8)12-6-9(19-21-12)7-13(20)18-14-17-3-4-22-14/h1-6H,7H2,(H,17,18,20). The lowest BCUT2D eigenvalue weighted by molar-refractivity contribution is -0.115. The molecule has 5 nitrogen and oxygen atoms in total. The maximum atomic E-state index is 13.6. The summed E-state index contributed by atoms with van der Waals surface area (Å²) in [7, 11) is 0. The van der Waals surface area contributed by atoms with Crippen molar-refractivity contribution in [3.05, 3.63) is 53.2 Å². The van der Waals surface area contributed by atoms with Crippen LogP contribution in [0.1, 0.15) is 5.69 Å². The van der Waals surface area contributed by atoms with Gasteiger partial charge in [-0.25, -0.2) is 13.8 Å². The van der Waals surface area contributed by atoms with Crippen molar-refractivity contribution in [2.24, 2.45) is 0 Å². The van der Waals surface area contributed by atoms with Crippen LogP contribution in [-0.4, -0.2) is 16.0 Å². The molecule has 22 heavy (non-hydrogen) atoms. The van der Waals surface area contributed by atoms with Gasteiger partial charge in [-0.1, -0.05) is 5.16 Å². The van der Waals surface area contributed by atoms with Crippen LogP contribution in [0.2, 0.25) is 0 Å². The van der Waals surface area contributed by atoms with Crippen molar-refractivity contribution < 1.29 is 18.1 Å². The first kappa shape index (κ1) is 14.3. The first-order valence-corrected chi connectivity index (χ1v) is 7.10. The van der Waals surface area contributed by atoms with Gasteiger partial charge in [0.05, 0.1) is 17.7 Å². The van der Waals surface area contributed by atoms with Crippen LogP contribution >= 0.6 is 11.3 Å². The molecule has 0 spiro atoms. The Labute approximate surface area is 127 Å². The van der Waals surface area contributed by atoms with Gasteiger partial charge < -0.3 is 9.84 Å². The summed E-state index contributed by atoms with van der Waals surface area (Å²) in [6.45, 7) is 0. The summed E-state index contributed by atoms with van der Waals surface area (Å²) in [5.41, 5.74) is 0.424. The average molecular weight is 321 g/mol. The normalized spacial score (nSPS) is 10.6. The van der Waals surface area contributed by atoms with Gasteiger partial charge in [-0.15, -0.1) is 11.3 Å². The summed E-state index contributed by atoms with van der Waals surface area (Å²) in [5, 5.41) is 8.54. The molecule has 1 N–H and O–H groups in total. The van der Waals surface area contributed by atoms with Gasteiger partial charge in [0, 0.05) is 23.7 Å². The number of rotatable bonds is 4. The van der Waals surface area contributed by atoms with Gasteiger partial charge in [-0.2, -0.15) is 0 Å². The number of amides is 1. The van der Waals surface area contributed by atoms with Crippen LogP contribution in [0.3, 0.4) is 0 Å². The minimum Gasteiger partial charge on any atom is -0.356 e. The highest BCUT2D eigenvalue weighted by Crippen LogP contribution is 2.24. The first-order valence-electron chi connectivity index (χ1n) is 6.22. The van der Waals surface area contributed by atoms with E-state index in [4.69, 9.17) is 4.52 Å². The summed E-state index contributed by atoms with van der Waals surface area (Å²) in [6, 6.07) is 4.57. The maximum absolute atomic E-state index is 13.6. The molecular weight excluding hydrogens is 312 g/mol. The molecule has 0 fully saturated rings. The van der Waals surface area contributed by atoms with Crippen molar-refractivity contribution >= 4 is 22.4 Å². The van der Waals surface area contributed by atoms with E-state index in [1.807, 2.05) is 0 Å². The van der Waals surface area contributed by atoms with Crippen LogP contribution in [0.5, 0.6) is 0 Å². The summed E-state index contributed by atoms with van der Waals surface area (Å²) >= 11 is 1.30.